The molecule has 0 aromatic rings. The smallest absolute Gasteiger partial charge is 0.260 e. The lowest BCUT2D eigenvalue weighted by Gasteiger charge is -2.18. The normalized spacial score (nSPS) is 30.5. The molecule has 0 aliphatic heterocycles. The minimum absolute atomic E-state index is 0.0142. The molecule has 0 radical (unpaired) electrons. The second kappa shape index (κ2) is 3.69. The van der Waals surface area contributed by atoms with Gasteiger partial charge < -0.3 is 0 Å². The highest BCUT2D eigenvalue weighted by Gasteiger charge is 2.66. The SMILES string of the molecule is N=C(S)N(C(=O)C1CC1(F)F)C(=O)C1CC1(F)F. The first-order chi connectivity index (χ1) is 8.08. The molecule has 2 unspecified atom stereocenters. The number of hydrogen-bond acceptors (Lipinski definition) is 3. The van der Waals surface area contributed by atoms with E-state index in [1.165, 1.54) is 0 Å². The van der Waals surface area contributed by atoms with Crippen molar-refractivity contribution in [1.82, 2.24) is 4.90 Å². The Bertz CT molecular complexity index is 420. The second-order valence-electron chi connectivity index (χ2n) is 4.37. The Morgan fingerprint density at radius 2 is 1.33 bits per heavy atom. The highest BCUT2D eigenvalue weighted by atomic mass is 32.1. The molecule has 2 saturated carbocycles. The summed E-state index contributed by atoms with van der Waals surface area (Å²) >= 11 is 3.41. The van der Waals surface area contributed by atoms with Crippen molar-refractivity contribution in [2.45, 2.75) is 24.7 Å². The molecule has 2 rings (SSSR count). The predicted octanol–water partition coefficient (Wildman–Crippen LogP) is 1.52. The van der Waals surface area contributed by atoms with Gasteiger partial charge in [0.1, 0.15) is 11.8 Å². The minimum atomic E-state index is -3.23. The fraction of sp³-hybridized carbons (Fsp3) is 0.667. The number of carbonyl (C=O) groups excluding carboxylic acids is 2. The van der Waals surface area contributed by atoms with Crippen molar-refractivity contribution in [3.8, 4) is 0 Å². The number of alkyl halides is 4. The largest absolute Gasteiger partial charge is 0.278 e. The first-order valence-electron chi connectivity index (χ1n) is 4.99. The van der Waals surface area contributed by atoms with E-state index >= 15 is 0 Å². The van der Waals surface area contributed by atoms with Crippen LogP contribution < -0.4 is 0 Å². The van der Waals surface area contributed by atoms with Crippen molar-refractivity contribution in [2.24, 2.45) is 11.8 Å². The van der Waals surface area contributed by atoms with Gasteiger partial charge >= 0.3 is 0 Å². The standard InChI is InChI=1S/C9H8F4N2O2S/c10-8(11)1-3(8)5(16)15(7(14)18)6(17)4-2-9(4,12)13/h3-4H,1-2H2,(H2,14,18). The molecule has 2 atom stereocenters. The van der Waals surface area contributed by atoms with Crippen LogP contribution in [0.15, 0.2) is 0 Å². The van der Waals surface area contributed by atoms with Gasteiger partial charge in [0.05, 0.1) is 0 Å². The molecule has 18 heavy (non-hydrogen) atoms. The number of carbonyl (C=O) groups is 2. The van der Waals surface area contributed by atoms with Crippen molar-refractivity contribution >= 4 is 29.6 Å². The molecule has 2 aliphatic rings. The van der Waals surface area contributed by atoms with Crippen molar-refractivity contribution in [2.75, 3.05) is 0 Å². The summed E-state index contributed by atoms with van der Waals surface area (Å²) in [5.74, 6) is -12.6. The lowest BCUT2D eigenvalue weighted by molar-refractivity contribution is -0.143. The average molecular weight is 284 g/mol. The van der Waals surface area contributed by atoms with Gasteiger partial charge in [0.2, 0.25) is 11.8 Å². The van der Waals surface area contributed by atoms with E-state index in [-0.39, 0.29) is 4.90 Å². The number of amides is 2. The third-order valence-electron chi connectivity index (χ3n) is 2.90. The molecular weight excluding hydrogens is 276 g/mol. The third-order valence-corrected chi connectivity index (χ3v) is 3.10. The fourth-order valence-corrected chi connectivity index (χ4v) is 1.79. The van der Waals surface area contributed by atoms with E-state index in [0.29, 0.717) is 0 Å². The summed E-state index contributed by atoms with van der Waals surface area (Å²) in [4.78, 5) is 23.1. The van der Waals surface area contributed by atoms with Crippen molar-refractivity contribution in [3.63, 3.8) is 0 Å². The maximum Gasteiger partial charge on any atom is 0.260 e. The van der Waals surface area contributed by atoms with E-state index in [0.717, 1.165) is 0 Å². The molecule has 0 spiro atoms. The number of nitrogens with one attached hydrogen (secondary N) is 1. The molecule has 1 N–H and O–H groups in total. The number of halogens is 4. The average Bonchev–Trinajstić information content (AvgIpc) is 3.02. The van der Waals surface area contributed by atoms with Crippen LogP contribution in [0.25, 0.3) is 0 Å². The molecule has 0 heterocycles. The maximum atomic E-state index is 12.7. The zero-order chi connectivity index (χ0) is 13.9. The number of thiol groups is 1. The number of amidine groups is 1. The summed E-state index contributed by atoms with van der Waals surface area (Å²) in [6.45, 7) is 0. The number of nitrogens with zero attached hydrogens (tertiary/aromatic N) is 1. The van der Waals surface area contributed by atoms with Gasteiger partial charge in [-0.3, -0.25) is 15.0 Å². The van der Waals surface area contributed by atoms with E-state index in [9.17, 15) is 27.2 Å². The van der Waals surface area contributed by atoms with E-state index in [4.69, 9.17) is 5.41 Å². The molecule has 2 aliphatic carbocycles. The van der Waals surface area contributed by atoms with Crippen LogP contribution in [0.1, 0.15) is 12.8 Å². The molecule has 0 aromatic carbocycles. The van der Waals surface area contributed by atoms with Crippen LogP contribution in [0, 0.1) is 17.2 Å². The molecule has 4 nitrogen and oxygen atoms in total. The van der Waals surface area contributed by atoms with Gasteiger partial charge in [-0.25, -0.2) is 22.5 Å². The maximum absolute atomic E-state index is 12.7. The first kappa shape index (κ1) is 13.3. The molecule has 100 valence electrons. The van der Waals surface area contributed by atoms with Gasteiger partial charge in [0.25, 0.3) is 11.8 Å². The van der Waals surface area contributed by atoms with Gasteiger partial charge in [-0.2, -0.15) is 0 Å². The lowest BCUT2D eigenvalue weighted by Crippen LogP contribution is -2.42. The quantitative estimate of drug-likeness (QED) is 0.265. The Hall–Kier alpha value is -1.12. The summed E-state index contributed by atoms with van der Waals surface area (Å²) in [5.41, 5.74) is 0. The van der Waals surface area contributed by atoms with Gasteiger partial charge in [-0.1, -0.05) is 0 Å². The summed E-state index contributed by atoms with van der Waals surface area (Å²) < 4.78 is 50.8. The zero-order valence-corrected chi connectivity index (χ0v) is 9.69. The van der Waals surface area contributed by atoms with Crippen LogP contribution in [0.2, 0.25) is 0 Å². The molecule has 9 heteroatoms. The minimum Gasteiger partial charge on any atom is -0.278 e. The van der Waals surface area contributed by atoms with Crippen LogP contribution in [0.3, 0.4) is 0 Å². The van der Waals surface area contributed by atoms with Crippen LogP contribution in [-0.4, -0.2) is 33.7 Å². The monoisotopic (exact) mass is 284 g/mol. The molecule has 2 fully saturated rings. The van der Waals surface area contributed by atoms with E-state index < -0.39 is 53.5 Å². The lowest BCUT2D eigenvalue weighted by atomic mass is 10.3. The van der Waals surface area contributed by atoms with Gasteiger partial charge in [0, 0.05) is 12.8 Å². The van der Waals surface area contributed by atoms with Crippen molar-refractivity contribution in [1.29, 1.82) is 5.41 Å². The highest BCUT2D eigenvalue weighted by Crippen LogP contribution is 2.52. The van der Waals surface area contributed by atoms with E-state index in [1.54, 1.807) is 0 Å². The highest BCUT2D eigenvalue weighted by molar-refractivity contribution is 7.96. The van der Waals surface area contributed by atoms with Gasteiger partial charge in [0.15, 0.2) is 5.17 Å². The fourth-order valence-electron chi connectivity index (χ4n) is 1.59. The second-order valence-corrected chi connectivity index (χ2v) is 4.79. The Morgan fingerprint density at radius 3 is 1.50 bits per heavy atom. The zero-order valence-electron chi connectivity index (χ0n) is 8.79. The van der Waals surface area contributed by atoms with Crippen molar-refractivity contribution < 1.29 is 27.2 Å². The first-order valence-corrected chi connectivity index (χ1v) is 5.43. The third kappa shape index (κ3) is 2.11. The molecule has 0 saturated heterocycles. The van der Waals surface area contributed by atoms with E-state index in [1.807, 2.05) is 0 Å². The summed E-state index contributed by atoms with van der Waals surface area (Å²) in [6, 6.07) is 0. The van der Waals surface area contributed by atoms with Crippen LogP contribution in [0.5, 0.6) is 0 Å². The predicted molar refractivity (Wildman–Crippen MR) is 54.7 cm³/mol. The Balaban J connectivity index is 2.13. The molecular formula is C9H8F4N2O2S. The van der Waals surface area contributed by atoms with Crippen LogP contribution in [0.4, 0.5) is 17.6 Å². The Morgan fingerprint density at radius 1 is 1.06 bits per heavy atom. The summed E-state index contributed by atoms with van der Waals surface area (Å²) in [6.07, 6.45) is -1.48. The van der Waals surface area contributed by atoms with E-state index in [2.05, 4.69) is 12.6 Å². The number of hydrogen-bond donors (Lipinski definition) is 2. The summed E-state index contributed by atoms with van der Waals surface area (Å²) in [5, 5.41) is 6.15. The number of imide groups is 1. The van der Waals surface area contributed by atoms with Crippen LogP contribution in [-0.2, 0) is 9.59 Å². The summed E-state index contributed by atoms with van der Waals surface area (Å²) in [7, 11) is 0. The van der Waals surface area contributed by atoms with Gasteiger partial charge in [-0.05, 0) is 0 Å². The Kier molecular flexibility index (Phi) is 2.73. The molecule has 0 bridgehead atoms. The van der Waals surface area contributed by atoms with Crippen LogP contribution >= 0.6 is 12.6 Å². The number of rotatable bonds is 2. The Labute approximate surface area is 104 Å². The molecule has 0 aromatic heterocycles. The van der Waals surface area contributed by atoms with Gasteiger partial charge in [-0.15, -0.1) is 12.6 Å². The molecule has 2 amide bonds. The van der Waals surface area contributed by atoms with Crippen molar-refractivity contribution in [3.05, 3.63) is 0 Å². The topological polar surface area (TPSA) is 61.2 Å².